The third-order valence-electron chi connectivity index (χ3n) is 10.2. The van der Waals surface area contributed by atoms with E-state index in [-0.39, 0.29) is 49.3 Å². The number of hydrogen-bond acceptors (Lipinski definition) is 10. The zero-order valence-electron chi connectivity index (χ0n) is 35.5. The molecule has 0 saturated heterocycles. The minimum Gasteiger partial charge on any atom is -0.481 e. The highest BCUT2D eigenvalue weighted by Gasteiger charge is 2.21. The zero-order valence-corrected chi connectivity index (χ0v) is 35.5. The number of hydrogen-bond donors (Lipinski definition) is 10. The maximum Gasteiger partial charge on any atom is 0.326 e. The number of unbranched alkanes of at least 4 members (excludes halogenated alkanes) is 16. The van der Waals surface area contributed by atoms with Crippen molar-refractivity contribution in [3.05, 3.63) is 0 Å². The fourth-order valence-electron chi connectivity index (χ4n) is 6.48. The van der Waals surface area contributed by atoms with Gasteiger partial charge in [-0.2, -0.15) is 0 Å². The molecule has 4 atom stereocenters. The van der Waals surface area contributed by atoms with E-state index in [0.29, 0.717) is 83.8 Å². The van der Waals surface area contributed by atoms with Crippen LogP contribution < -0.4 is 38.0 Å². The molecule has 0 aromatic heterocycles. The second-order valence-corrected chi connectivity index (χ2v) is 15.5. The van der Waals surface area contributed by atoms with Gasteiger partial charge < -0.3 is 53.3 Å². The van der Waals surface area contributed by atoms with Gasteiger partial charge in [0.25, 0.3) is 0 Å². The van der Waals surface area contributed by atoms with Gasteiger partial charge in [-0.05, 0) is 77.0 Å². The van der Waals surface area contributed by atoms with E-state index < -0.39 is 42.1 Å². The monoisotopic (exact) mass is 838 g/mol. The topological polar surface area (TPSA) is 292 Å². The first-order valence-electron chi connectivity index (χ1n) is 22.0. The lowest BCUT2D eigenvalue weighted by molar-refractivity contribution is -0.142. The van der Waals surface area contributed by atoms with Crippen molar-refractivity contribution in [2.45, 2.75) is 198 Å². The Bertz CT molecular complexity index is 1200. The number of amides is 4. The second kappa shape index (κ2) is 37.3. The molecule has 0 saturated carbocycles. The largest absolute Gasteiger partial charge is 0.481 e. The van der Waals surface area contributed by atoms with E-state index in [1.807, 2.05) is 0 Å². The lowest BCUT2D eigenvalue weighted by Crippen LogP contribution is -2.42. The van der Waals surface area contributed by atoms with Crippen LogP contribution in [-0.2, 0) is 33.6 Å². The zero-order chi connectivity index (χ0) is 44.1. The molecule has 0 aliphatic heterocycles. The van der Waals surface area contributed by atoms with Crippen molar-refractivity contribution in [1.82, 2.24) is 26.5 Å². The third kappa shape index (κ3) is 33.7. The molecule has 0 unspecified atom stereocenters. The van der Waals surface area contributed by atoms with Gasteiger partial charge in [0.05, 0.1) is 18.1 Å². The Balaban J connectivity index is 3.87. The predicted octanol–water partition coefficient (Wildman–Crippen LogP) is 3.30. The van der Waals surface area contributed by atoms with Crippen LogP contribution in [-0.4, -0.2) is 109 Å². The molecule has 59 heavy (non-hydrogen) atoms. The van der Waals surface area contributed by atoms with Crippen molar-refractivity contribution in [1.29, 1.82) is 0 Å². The molecule has 12 N–H and O–H groups in total. The average Bonchev–Trinajstić information content (AvgIpc) is 3.19. The molecule has 0 heterocycles. The van der Waals surface area contributed by atoms with Gasteiger partial charge >= 0.3 is 17.9 Å². The summed E-state index contributed by atoms with van der Waals surface area (Å²) in [5, 5.41) is 40.2. The number of aliphatic carboxylic acids is 3. The number of carbonyl (C=O) groups excluding carboxylic acids is 4. The molecule has 0 bridgehead atoms. The normalized spacial score (nSPS) is 13.1. The first-order valence-corrected chi connectivity index (χ1v) is 22.0. The Morgan fingerprint density at radius 2 is 0.814 bits per heavy atom. The molecule has 18 heteroatoms. The molecule has 0 aromatic carbocycles. The molecule has 0 rings (SSSR count). The smallest absolute Gasteiger partial charge is 0.326 e. The van der Waals surface area contributed by atoms with Crippen LogP contribution in [0.25, 0.3) is 0 Å². The van der Waals surface area contributed by atoms with Crippen molar-refractivity contribution in [2.75, 3.05) is 19.6 Å². The number of nitrogens with two attached hydrogens (primary N) is 2. The van der Waals surface area contributed by atoms with E-state index in [1.54, 1.807) is 0 Å². The Labute approximate surface area is 352 Å². The van der Waals surface area contributed by atoms with Gasteiger partial charge in [0.1, 0.15) is 6.04 Å². The SMILES string of the molecule is [B]N[C@@H](CCCCNC(=O)[C@@H](N)CCCCNC(=O)[C@@H](N)CCCCNC(=O)CC[C@H](NC(=O)CCCCCCCCCCCCCCCCC(=O)O)C(=O)O)C(=O)O. The average molecular weight is 838 g/mol. The van der Waals surface area contributed by atoms with E-state index >= 15 is 0 Å². The summed E-state index contributed by atoms with van der Waals surface area (Å²) in [6.07, 6.45) is 20.3. The van der Waals surface area contributed by atoms with E-state index in [1.165, 1.54) is 44.9 Å². The second-order valence-electron chi connectivity index (χ2n) is 15.5. The number of carbonyl (C=O) groups is 7. The molecule has 2 radical (unpaired) electrons. The predicted molar refractivity (Wildman–Crippen MR) is 227 cm³/mol. The maximum atomic E-state index is 12.4. The molecule has 338 valence electrons. The summed E-state index contributed by atoms with van der Waals surface area (Å²) < 4.78 is 0. The molecule has 0 spiro atoms. The Hall–Kier alpha value is -3.77. The third-order valence-corrected chi connectivity index (χ3v) is 10.2. The standard InChI is InChI=1S/C41H76BN7O10/c42-49-34(41(58)59)23-17-20-30-47-39(55)32(44)22-16-19-29-46-38(54)31(43)21-15-18-28-45-35(50)27-26-33(40(56)57)48-36(51)24-13-11-9-7-5-3-1-2-4-6-8-10-12-14-25-37(52)53/h31-34,49H,1-30,43-44H2,(H,45,50)(H,46,54)(H,47,55)(H,48,51)(H,52,53)(H,56,57)(H,58,59)/t31-,32-,33-,34-/m0/s1. The van der Waals surface area contributed by atoms with Crippen LogP contribution >= 0.6 is 0 Å². The number of nitrogens with one attached hydrogen (secondary N) is 5. The van der Waals surface area contributed by atoms with Crippen molar-refractivity contribution in [2.24, 2.45) is 11.5 Å². The Kier molecular flexibility index (Phi) is 34.9. The first-order chi connectivity index (χ1) is 28.3. The van der Waals surface area contributed by atoms with Crippen molar-refractivity contribution >= 4 is 49.5 Å². The van der Waals surface area contributed by atoms with Gasteiger partial charge in [-0.3, -0.25) is 28.8 Å². The van der Waals surface area contributed by atoms with Crippen molar-refractivity contribution in [3.8, 4) is 0 Å². The molecule has 0 aliphatic rings. The summed E-state index contributed by atoms with van der Waals surface area (Å²) in [7, 11) is 5.19. The van der Waals surface area contributed by atoms with Crippen LogP contribution in [0.2, 0.25) is 0 Å². The van der Waals surface area contributed by atoms with Crippen LogP contribution in [0.15, 0.2) is 0 Å². The molecule has 0 aliphatic carbocycles. The molecule has 0 aromatic rings. The van der Waals surface area contributed by atoms with E-state index in [2.05, 4.69) is 26.5 Å². The first kappa shape index (κ1) is 55.2. The lowest BCUT2D eigenvalue weighted by Gasteiger charge is -2.15. The number of carboxylic acid groups (broad SMARTS) is 3. The van der Waals surface area contributed by atoms with Gasteiger partial charge in [-0.15, -0.1) is 0 Å². The van der Waals surface area contributed by atoms with Crippen LogP contribution in [0.4, 0.5) is 0 Å². The van der Waals surface area contributed by atoms with Gasteiger partial charge in [0, 0.05) is 38.9 Å². The van der Waals surface area contributed by atoms with Crippen molar-refractivity contribution in [3.63, 3.8) is 0 Å². The molecule has 17 nitrogen and oxygen atoms in total. The summed E-state index contributed by atoms with van der Waals surface area (Å²) in [6.45, 7) is 1.12. The highest BCUT2D eigenvalue weighted by atomic mass is 16.4. The minimum atomic E-state index is -1.18. The van der Waals surface area contributed by atoms with Crippen LogP contribution in [0, 0.1) is 0 Å². The molecule has 0 fully saturated rings. The highest BCUT2D eigenvalue weighted by molar-refractivity contribution is 6.06. The van der Waals surface area contributed by atoms with E-state index in [4.69, 9.17) is 29.7 Å². The molecular weight excluding hydrogens is 761 g/mol. The summed E-state index contributed by atoms with van der Waals surface area (Å²) in [5.41, 5.74) is 12.0. The molecule has 4 amide bonds. The summed E-state index contributed by atoms with van der Waals surface area (Å²) in [4.78, 5) is 82.3. The number of rotatable bonds is 41. The van der Waals surface area contributed by atoms with Gasteiger partial charge in [0.2, 0.25) is 23.6 Å². The Morgan fingerprint density at radius 3 is 1.22 bits per heavy atom. The summed E-state index contributed by atoms with van der Waals surface area (Å²) >= 11 is 0. The van der Waals surface area contributed by atoms with Crippen molar-refractivity contribution < 1.29 is 48.9 Å². The highest BCUT2D eigenvalue weighted by Crippen LogP contribution is 2.14. The fraction of sp³-hybridized carbons (Fsp3) is 0.829. The summed E-state index contributed by atoms with van der Waals surface area (Å²) in [6, 6.07) is -3.36. The quantitative estimate of drug-likeness (QED) is 0.0313. The molecular formula is C41H76BN7O10. The number of carboxylic acids is 3. The van der Waals surface area contributed by atoms with Crippen LogP contribution in [0.1, 0.15) is 173 Å². The van der Waals surface area contributed by atoms with Gasteiger partial charge in [0.15, 0.2) is 7.98 Å². The van der Waals surface area contributed by atoms with E-state index in [9.17, 15) is 38.7 Å². The van der Waals surface area contributed by atoms with E-state index in [0.717, 1.165) is 38.5 Å². The van der Waals surface area contributed by atoms with Crippen LogP contribution in [0.5, 0.6) is 0 Å². The van der Waals surface area contributed by atoms with Crippen LogP contribution in [0.3, 0.4) is 0 Å². The maximum absolute atomic E-state index is 12.4. The fourth-order valence-corrected chi connectivity index (χ4v) is 6.48. The summed E-state index contributed by atoms with van der Waals surface area (Å²) in [5.74, 6) is -4.15. The van der Waals surface area contributed by atoms with Gasteiger partial charge in [-0.1, -0.05) is 77.0 Å². The Morgan fingerprint density at radius 1 is 0.424 bits per heavy atom. The van der Waals surface area contributed by atoms with Gasteiger partial charge in [-0.25, -0.2) is 4.79 Å². The lowest BCUT2D eigenvalue weighted by atomic mass is 10.0. The minimum absolute atomic E-state index is 0.0179.